The molecule has 2 saturated heterocycles. The van der Waals surface area contributed by atoms with E-state index in [4.69, 9.17) is 18.9 Å². The first-order valence-corrected chi connectivity index (χ1v) is 4.77. The van der Waals surface area contributed by atoms with E-state index < -0.39 is 0 Å². The van der Waals surface area contributed by atoms with Gasteiger partial charge >= 0.3 is 0 Å². The van der Waals surface area contributed by atoms with Crippen molar-refractivity contribution in [3.8, 4) is 0 Å². The number of hydrogen-bond acceptors (Lipinski definition) is 4. The summed E-state index contributed by atoms with van der Waals surface area (Å²) in [4.78, 5) is 0. The van der Waals surface area contributed by atoms with Crippen molar-refractivity contribution in [2.24, 2.45) is 0 Å². The van der Waals surface area contributed by atoms with Crippen LogP contribution in [0.2, 0.25) is 0 Å². The van der Waals surface area contributed by atoms with Gasteiger partial charge in [-0.1, -0.05) is 0 Å². The van der Waals surface area contributed by atoms with Crippen LogP contribution in [0, 0.1) is 0 Å². The molecular weight excluding hydrogens is 172 g/mol. The Bertz CT molecular complexity index is 154. The van der Waals surface area contributed by atoms with Gasteiger partial charge in [0.05, 0.1) is 39.1 Å². The van der Waals surface area contributed by atoms with Crippen LogP contribution >= 0.6 is 0 Å². The summed E-state index contributed by atoms with van der Waals surface area (Å²) in [5.74, 6) is 0. The highest BCUT2D eigenvalue weighted by Gasteiger charge is 2.24. The van der Waals surface area contributed by atoms with E-state index in [1.165, 1.54) is 0 Å². The lowest BCUT2D eigenvalue weighted by Gasteiger charge is -2.11. The standard InChI is InChI=1S/C9H16O4/c1-7(11-4-9-6-13-9)2-10-3-8-5-12-8/h7-9H,2-6H2,1H3/t7-,8-,9+/m1/s1. The molecule has 4 heteroatoms. The van der Waals surface area contributed by atoms with Crippen LogP contribution in [0.15, 0.2) is 0 Å². The molecule has 0 bridgehead atoms. The van der Waals surface area contributed by atoms with Gasteiger partial charge in [-0.15, -0.1) is 0 Å². The van der Waals surface area contributed by atoms with E-state index >= 15 is 0 Å². The van der Waals surface area contributed by atoms with Crippen molar-refractivity contribution in [1.82, 2.24) is 0 Å². The zero-order valence-electron chi connectivity index (χ0n) is 7.90. The maximum Gasteiger partial charge on any atom is 0.104 e. The lowest BCUT2D eigenvalue weighted by molar-refractivity contribution is -0.0146. The molecule has 0 saturated carbocycles. The fraction of sp³-hybridized carbons (Fsp3) is 1.00. The SMILES string of the molecule is C[C@H](COC[C@@H]1CO1)OC[C@H]1CO1. The fourth-order valence-electron chi connectivity index (χ4n) is 1.01. The van der Waals surface area contributed by atoms with Crippen LogP contribution in [0.3, 0.4) is 0 Å². The maximum absolute atomic E-state index is 5.48. The van der Waals surface area contributed by atoms with E-state index in [2.05, 4.69) is 0 Å². The molecule has 0 radical (unpaired) electrons. The first-order valence-electron chi connectivity index (χ1n) is 4.77. The van der Waals surface area contributed by atoms with E-state index in [0.717, 1.165) is 13.2 Å². The van der Waals surface area contributed by atoms with Crippen molar-refractivity contribution in [2.75, 3.05) is 33.0 Å². The Morgan fingerprint density at radius 2 is 1.85 bits per heavy atom. The third-order valence-corrected chi connectivity index (χ3v) is 2.03. The van der Waals surface area contributed by atoms with Crippen LogP contribution in [0.25, 0.3) is 0 Å². The molecule has 0 N–H and O–H groups in total. The number of epoxide rings is 2. The molecular formula is C9H16O4. The summed E-state index contributed by atoms with van der Waals surface area (Å²) in [6.45, 7) is 5.76. The molecule has 2 fully saturated rings. The minimum Gasteiger partial charge on any atom is -0.376 e. The maximum atomic E-state index is 5.48. The van der Waals surface area contributed by atoms with Crippen LogP contribution in [0.1, 0.15) is 6.92 Å². The third-order valence-electron chi connectivity index (χ3n) is 2.03. The van der Waals surface area contributed by atoms with Crippen LogP contribution in [0.5, 0.6) is 0 Å². The van der Waals surface area contributed by atoms with Crippen molar-refractivity contribution in [1.29, 1.82) is 0 Å². The Kier molecular flexibility index (Phi) is 3.16. The second-order valence-electron chi connectivity index (χ2n) is 3.59. The molecule has 0 aliphatic carbocycles. The van der Waals surface area contributed by atoms with Gasteiger partial charge in [0.25, 0.3) is 0 Å². The summed E-state index contributed by atoms with van der Waals surface area (Å²) in [5.41, 5.74) is 0. The summed E-state index contributed by atoms with van der Waals surface area (Å²) in [6.07, 6.45) is 0.844. The molecule has 0 spiro atoms. The van der Waals surface area contributed by atoms with E-state index in [1.807, 2.05) is 6.92 Å². The fourth-order valence-corrected chi connectivity index (χ4v) is 1.01. The summed E-state index contributed by atoms with van der Waals surface area (Å²) >= 11 is 0. The van der Waals surface area contributed by atoms with Crippen molar-refractivity contribution in [2.45, 2.75) is 25.2 Å². The molecule has 13 heavy (non-hydrogen) atoms. The van der Waals surface area contributed by atoms with E-state index in [-0.39, 0.29) is 6.10 Å². The Morgan fingerprint density at radius 1 is 1.23 bits per heavy atom. The predicted molar refractivity (Wildman–Crippen MR) is 45.7 cm³/mol. The average molecular weight is 188 g/mol. The van der Waals surface area contributed by atoms with Crippen molar-refractivity contribution in [3.05, 3.63) is 0 Å². The van der Waals surface area contributed by atoms with Crippen molar-refractivity contribution in [3.63, 3.8) is 0 Å². The molecule has 2 aliphatic heterocycles. The molecule has 0 aromatic heterocycles. The largest absolute Gasteiger partial charge is 0.376 e. The lowest BCUT2D eigenvalue weighted by Crippen LogP contribution is -2.19. The highest BCUT2D eigenvalue weighted by Crippen LogP contribution is 2.11. The first-order chi connectivity index (χ1) is 6.34. The van der Waals surface area contributed by atoms with Gasteiger partial charge in [-0.05, 0) is 6.92 Å². The average Bonchev–Trinajstić information content (AvgIpc) is 2.97. The monoisotopic (exact) mass is 188 g/mol. The van der Waals surface area contributed by atoms with E-state index in [9.17, 15) is 0 Å². The van der Waals surface area contributed by atoms with E-state index in [1.54, 1.807) is 0 Å². The molecule has 0 aromatic carbocycles. The molecule has 2 aliphatic rings. The summed E-state index contributed by atoms with van der Waals surface area (Å²) in [5, 5.41) is 0. The van der Waals surface area contributed by atoms with Crippen molar-refractivity contribution >= 4 is 0 Å². The molecule has 2 rings (SSSR count). The Hall–Kier alpha value is -0.160. The van der Waals surface area contributed by atoms with Crippen LogP contribution in [0.4, 0.5) is 0 Å². The molecule has 4 nitrogen and oxygen atoms in total. The zero-order valence-corrected chi connectivity index (χ0v) is 7.90. The minimum atomic E-state index is 0.156. The molecule has 0 aromatic rings. The first kappa shape index (κ1) is 9.40. The zero-order chi connectivity index (χ0) is 9.10. The highest BCUT2D eigenvalue weighted by molar-refractivity contribution is 4.69. The van der Waals surface area contributed by atoms with Gasteiger partial charge in [-0.3, -0.25) is 0 Å². The predicted octanol–water partition coefficient (Wildman–Crippen LogP) is 0.206. The molecule has 2 heterocycles. The molecule has 76 valence electrons. The Balaban J connectivity index is 1.42. The molecule has 0 amide bonds. The van der Waals surface area contributed by atoms with Gasteiger partial charge in [0.2, 0.25) is 0 Å². The van der Waals surface area contributed by atoms with Crippen LogP contribution < -0.4 is 0 Å². The normalized spacial score (nSPS) is 33.0. The molecule has 3 atom stereocenters. The van der Waals surface area contributed by atoms with Crippen LogP contribution in [-0.4, -0.2) is 51.3 Å². The summed E-state index contributed by atoms with van der Waals surface area (Å²) < 4.78 is 20.9. The lowest BCUT2D eigenvalue weighted by atomic mass is 10.4. The van der Waals surface area contributed by atoms with Gasteiger partial charge in [-0.25, -0.2) is 0 Å². The topological polar surface area (TPSA) is 43.5 Å². The smallest absolute Gasteiger partial charge is 0.104 e. The van der Waals surface area contributed by atoms with Gasteiger partial charge in [0, 0.05) is 0 Å². The van der Waals surface area contributed by atoms with E-state index in [0.29, 0.717) is 32.0 Å². The summed E-state index contributed by atoms with van der Waals surface area (Å²) in [6, 6.07) is 0. The number of hydrogen-bond donors (Lipinski definition) is 0. The van der Waals surface area contributed by atoms with Crippen LogP contribution in [-0.2, 0) is 18.9 Å². The van der Waals surface area contributed by atoms with Gasteiger partial charge in [-0.2, -0.15) is 0 Å². The third kappa shape index (κ3) is 4.04. The second-order valence-corrected chi connectivity index (χ2v) is 3.59. The van der Waals surface area contributed by atoms with Gasteiger partial charge in [0.15, 0.2) is 0 Å². The van der Waals surface area contributed by atoms with Gasteiger partial charge < -0.3 is 18.9 Å². The summed E-state index contributed by atoms with van der Waals surface area (Å²) in [7, 11) is 0. The van der Waals surface area contributed by atoms with Crippen molar-refractivity contribution < 1.29 is 18.9 Å². The second kappa shape index (κ2) is 4.37. The molecule has 0 unspecified atom stereocenters. The van der Waals surface area contributed by atoms with Gasteiger partial charge in [0.1, 0.15) is 12.2 Å². The number of rotatable bonds is 7. The Labute approximate surface area is 78.1 Å². The highest BCUT2D eigenvalue weighted by atomic mass is 16.6. The quantitative estimate of drug-likeness (QED) is 0.535. The number of ether oxygens (including phenoxy) is 4. The Morgan fingerprint density at radius 3 is 2.46 bits per heavy atom. The minimum absolute atomic E-state index is 0.156.